The lowest BCUT2D eigenvalue weighted by Gasteiger charge is -2.37. The van der Waals surface area contributed by atoms with E-state index in [1.54, 1.807) is 0 Å². The number of hydrogen-bond donors (Lipinski definition) is 0. The molecule has 0 spiro atoms. The molecule has 0 unspecified atom stereocenters. The molecule has 5 rings (SSSR count). The van der Waals surface area contributed by atoms with Crippen molar-refractivity contribution in [2.75, 3.05) is 49.6 Å². The molecule has 3 aromatic heterocycles. The summed E-state index contributed by atoms with van der Waals surface area (Å²) in [6.45, 7) is 10.5. The fourth-order valence-corrected chi connectivity index (χ4v) is 4.62. The van der Waals surface area contributed by atoms with E-state index in [1.165, 1.54) is 16.9 Å². The van der Waals surface area contributed by atoms with Gasteiger partial charge in [0.1, 0.15) is 5.82 Å². The Kier molecular flexibility index (Phi) is 4.42. The van der Waals surface area contributed by atoms with Crippen LogP contribution in [-0.2, 0) is 13.6 Å². The first kappa shape index (κ1) is 18.4. The van der Waals surface area contributed by atoms with Crippen LogP contribution in [0.25, 0.3) is 11.0 Å². The monoisotopic (exact) mass is 391 g/mol. The molecule has 0 aromatic carbocycles. The smallest absolute Gasteiger partial charge is 0.159 e. The average Bonchev–Trinajstić information content (AvgIpc) is 3.08. The van der Waals surface area contributed by atoms with Crippen LogP contribution < -0.4 is 9.80 Å². The summed E-state index contributed by atoms with van der Waals surface area (Å²) < 4.78 is 1.86. The molecule has 29 heavy (non-hydrogen) atoms. The molecule has 1 fully saturated rings. The lowest BCUT2D eigenvalue weighted by atomic mass is 9.95. The highest BCUT2D eigenvalue weighted by atomic mass is 15.3. The molecule has 1 saturated heterocycles. The van der Waals surface area contributed by atoms with Crippen molar-refractivity contribution in [3.05, 3.63) is 41.3 Å². The Morgan fingerprint density at radius 3 is 2.59 bits per heavy atom. The zero-order valence-electron chi connectivity index (χ0n) is 17.8. The number of piperazine rings is 1. The maximum atomic E-state index is 5.11. The Hall–Kier alpha value is -2.67. The van der Waals surface area contributed by atoms with Crippen LogP contribution in [0.4, 0.5) is 11.5 Å². The van der Waals surface area contributed by atoms with Gasteiger partial charge in [-0.1, -0.05) is 13.0 Å². The Morgan fingerprint density at radius 1 is 1.00 bits per heavy atom. The predicted octanol–water partition coefficient (Wildman–Crippen LogP) is 2.55. The van der Waals surface area contributed by atoms with E-state index in [9.17, 15) is 0 Å². The van der Waals surface area contributed by atoms with Crippen LogP contribution in [-0.4, -0.2) is 64.4 Å². The molecule has 0 radical (unpaired) electrons. The van der Waals surface area contributed by atoms with Crippen LogP contribution in [0.5, 0.6) is 0 Å². The predicted molar refractivity (Wildman–Crippen MR) is 117 cm³/mol. The van der Waals surface area contributed by atoms with E-state index in [2.05, 4.69) is 63.9 Å². The lowest BCUT2D eigenvalue weighted by molar-refractivity contribution is 0.312. The normalized spacial score (nSPS) is 20.3. The molecule has 0 N–H and O–H groups in total. The molecular formula is C22H29N7. The van der Waals surface area contributed by atoms with Gasteiger partial charge in [0.05, 0.1) is 23.0 Å². The van der Waals surface area contributed by atoms with E-state index in [-0.39, 0.29) is 0 Å². The van der Waals surface area contributed by atoms with Crippen LogP contribution in [0.3, 0.4) is 0 Å². The van der Waals surface area contributed by atoms with E-state index >= 15 is 0 Å². The summed E-state index contributed by atoms with van der Waals surface area (Å²) in [6, 6.07) is 6.68. The molecule has 2 aliphatic heterocycles. The third kappa shape index (κ3) is 3.23. The van der Waals surface area contributed by atoms with Gasteiger partial charge in [0.2, 0.25) is 0 Å². The number of rotatable bonds is 2. The first-order chi connectivity index (χ1) is 14.0. The maximum absolute atomic E-state index is 5.11. The van der Waals surface area contributed by atoms with Crippen LogP contribution in [0.1, 0.15) is 29.8 Å². The molecule has 5 heterocycles. The van der Waals surface area contributed by atoms with E-state index < -0.39 is 0 Å². The average molecular weight is 392 g/mol. The highest BCUT2D eigenvalue weighted by Gasteiger charge is 2.27. The van der Waals surface area contributed by atoms with Crippen molar-refractivity contribution in [3.63, 3.8) is 0 Å². The zero-order valence-corrected chi connectivity index (χ0v) is 17.8. The van der Waals surface area contributed by atoms with Gasteiger partial charge in [-0.2, -0.15) is 5.10 Å². The van der Waals surface area contributed by atoms with E-state index in [1.807, 2.05) is 17.9 Å². The van der Waals surface area contributed by atoms with Crippen LogP contribution in [0.15, 0.2) is 24.4 Å². The van der Waals surface area contributed by atoms with Gasteiger partial charge in [0.25, 0.3) is 0 Å². The highest BCUT2D eigenvalue weighted by Crippen LogP contribution is 2.35. The molecule has 3 aromatic rings. The van der Waals surface area contributed by atoms with Crippen molar-refractivity contribution in [2.45, 2.75) is 26.3 Å². The van der Waals surface area contributed by atoms with Crippen molar-refractivity contribution in [2.24, 2.45) is 7.05 Å². The summed E-state index contributed by atoms with van der Waals surface area (Å²) in [4.78, 5) is 17.0. The first-order valence-corrected chi connectivity index (χ1v) is 10.5. The molecule has 0 bridgehead atoms. The Bertz CT molecular complexity index is 1050. The van der Waals surface area contributed by atoms with Gasteiger partial charge in [-0.25, -0.2) is 9.97 Å². The molecular weight excluding hydrogens is 362 g/mol. The summed E-state index contributed by atoms with van der Waals surface area (Å²) in [6.07, 6.45) is 1.94. The number of hydrogen-bond acceptors (Lipinski definition) is 6. The summed E-state index contributed by atoms with van der Waals surface area (Å²) >= 11 is 0. The van der Waals surface area contributed by atoms with Crippen molar-refractivity contribution < 1.29 is 0 Å². The SMILES string of the molecule is Cc1cc(N2Cc3ccc(N4CCN(C)CC4)nc3[C@@H](C)C2)c2cnn(C)c2n1. The van der Waals surface area contributed by atoms with Gasteiger partial charge in [0, 0.05) is 57.9 Å². The number of aromatic nitrogens is 4. The van der Waals surface area contributed by atoms with Gasteiger partial charge in [0.15, 0.2) is 5.65 Å². The minimum atomic E-state index is 0.381. The van der Waals surface area contributed by atoms with Gasteiger partial charge in [-0.15, -0.1) is 0 Å². The lowest BCUT2D eigenvalue weighted by Crippen LogP contribution is -2.45. The molecule has 0 saturated carbocycles. The number of likely N-dealkylation sites (N-methyl/N-ethyl adjacent to an activating group) is 1. The molecule has 0 aliphatic carbocycles. The number of nitrogens with zero attached hydrogens (tertiary/aromatic N) is 7. The standard InChI is InChI=1S/C22H29N7/c1-15-13-29(19-11-16(2)24-22-18(19)12-23-27(22)4)14-17-5-6-20(25-21(15)17)28-9-7-26(3)8-10-28/h5-6,11-12,15H,7-10,13-14H2,1-4H3/t15-/m0/s1. The largest absolute Gasteiger partial charge is 0.366 e. The molecule has 7 nitrogen and oxygen atoms in total. The van der Waals surface area contributed by atoms with Crippen molar-refractivity contribution >= 4 is 22.5 Å². The number of aryl methyl sites for hydroxylation is 2. The molecule has 2 aliphatic rings. The summed E-state index contributed by atoms with van der Waals surface area (Å²) in [5.74, 6) is 1.51. The second-order valence-electron chi connectivity index (χ2n) is 8.57. The second-order valence-corrected chi connectivity index (χ2v) is 8.57. The van der Waals surface area contributed by atoms with Gasteiger partial charge < -0.3 is 14.7 Å². The third-order valence-corrected chi connectivity index (χ3v) is 6.30. The maximum Gasteiger partial charge on any atom is 0.159 e. The first-order valence-electron chi connectivity index (χ1n) is 10.5. The Labute approximate surface area is 171 Å². The summed E-state index contributed by atoms with van der Waals surface area (Å²) in [7, 11) is 4.14. The Balaban J connectivity index is 1.46. The number of pyridine rings is 2. The van der Waals surface area contributed by atoms with Crippen molar-refractivity contribution in [1.29, 1.82) is 0 Å². The number of fused-ring (bicyclic) bond motifs is 2. The van der Waals surface area contributed by atoms with E-state index in [0.717, 1.165) is 61.8 Å². The number of anilines is 2. The van der Waals surface area contributed by atoms with E-state index in [4.69, 9.17) is 4.98 Å². The van der Waals surface area contributed by atoms with Gasteiger partial charge >= 0.3 is 0 Å². The zero-order chi connectivity index (χ0) is 20.1. The second kappa shape index (κ2) is 6.99. The summed E-state index contributed by atoms with van der Waals surface area (Å²) in [5, 5.41) is 5.55. The summed E-state index contributed by atoms with van der Waals surface area (Å²) in [5.41, 5.74) is 5.78. The molecule has 0 amide bonds. The van der Waals surface area contributed by atoms with Crippen molar-refractivity contribution in [1.82, 2.24) is 24.6 Å². The third-order valence-electron chi connectivity index (χ3n) is 6.30. The van der Waals surface area contributed by atoms with Gasteiger partial charge in [-0.3, -0.25) is 4.68 Å². The minimum Gasteiger partial charge on any atom is -0.366 e. The molecule has 1 atom stereocenters. The Morgan fingerprint density at radius 2 is 1.79 bits per heavy atom. The topological polar surface area (TPSA) is 53.3 Å². The quantitative estimate of drug-likeness (QED) is 0.669. The van der Waals surface area contributed by atoms with Crippen LogP contribution in [0, 0.1) is 6.92 Å². The van der Waals surface area contributed by atoms with Crippen LogP contribution >= 0.6 is 0 Å². The van der Waals surface area contributed by atoms with Crippen LogP contribution in [0.2, 0.25) is 0 Å². The molecule has 152 valence electrons. The minimum absolute atomic E-state index is 0.381. The van der Waals surface area contributed by atoms with Gasteiger partial charge in [-0.05, 0) is 31.7 Å². The van der Waals surface area contributed by atoms with Crippen molar-refractivity contribution in [3.8, 4) is 0 Å². The fraction of sp³-hybridized carbons (Fsp3) is 0.500. The molecule has 7 heteroatoms. The highest BCUT2D eigenvalue weighted by molar-refractivity contribution is 5.89. The fourth-order valence-electron chi connectivity index (χ4n) is 4.62. The van der Waals surface area contributed by atoms with E-state index in [0.29, 0.717) is 5.92 Å².